The van der Waals surface area contributed by atoms with Crippen LogP contribution in [-0.2, 0) is 28.4 Å². The number of aliphatic imine (C=N–C) groups is 1. The highest BCUT2D eigenvalue weighted by molar-refractivity contribution is 8.18. The van der Waals surface area contributed by atoms with Crippen LogP contribution < -0.4 is 0 Å². The van der Waals surface area contributed by atoms with Gasteiger partial charge in [-0.2, -0.15) is 36.4 Å². The van der Waals surface area contributed by atoms with Crippen molar-refractivity contribution in [2.75, 3.05) is 20.1 Å². The van der Waals surface area contributed by atoms with Crippen molar-refractivity contribution in [2.45, 2.75) is 57.7 Å². The Balaban J connectivity index is 1.29. The maximum absolute atomic E-state index is 13.6. The van der Waals surface area contributed by atoms with Crippen molar-refractivity contribution >= 4 is 45.9 Å². The molecule has 2 aliphatic rings. The number of carbonyl (C=O) groups excluding carboxylic acids is 2. The molecule has 1 unspecified atom stereocenters. The number of ether oxygens (including phenoxy) is 1. The molecule has 1 saturated heterocycles. The Morgan fingerprint density at radius 1 is 1.09 bits per heavy atom. The number of carbonyl (C=O) groups is 2. The van der Waals surface area contributed by atoms with Crippen molar-refractivity contribution in [3.63, 3.8) is 0 Å². The summed E-state index contributed by atoms with van der Waals surface area (Å²) >= 11 is 1.19. The molecule has 3 heterocycles. The smallest absolute Gasteiger partial charge is 0.416 e. The maximum atomic E-state index is 13.6. The van der Waals surface area contributed by atoms with Gasteiger partial charge in [0.1, 0.15) is 5.60 Å². The summed E-state index contributed by atoms with van der Waals surface area (Å²) in [6.45, 7) is 5.94. The van der Waals surface area contributed by atoms with Gasteiger partial charge in [-0.3, -0.25) is 9.48 Å². The van der Waals surface area contributed by atoms with Crippen molar-refractivity contribution < 1.29 is 40.7 Å². The van der Waals surface area contributed by atoms with E-state index in [1.54, 1.807) is 49.9 Å². The number of likely N-dealkylation sites (N-methyl/N-ethyl adjacent to an activating group) is 1. The Bertz CT molecular complexity index is 1710. The van der Waals surface area contributed by atoms with E-state index in [9.17, 15) is 35.9 Å². The van der Waals surface area contributed by atoms with Crippen molar-refractivity contribution in [1.82, 2.24) is 19.6 Å². The summed E-state index contributed by atoms with van der Waals surface area (Å²) < 4.78 is 86.8. The third kappa shape index (κ3) is 7.29. The molecule has 2 amide bonds. The van der Waals surface area contributed by atoms with Crippen LogP contribution in [0.25, 0.3) is 17.0 Å². The molecule has 1 atom stereocenters. The molecule has 8 nitrogen and oxygen atoms in total. The molecule has 1 aromatic heterocycles. The summed E-state index contributed by atoms with van der Waals surface area (Å²) in [5, 5.41) is 5.21. The maximum Gasteiger partial charge on any atom is 0.416 e. The molecule has 2 aliphatic heterocycles. The van der Waals surface area contributed by atoms with Gasteiger partial charge >= 0.3 is 18.4 Å². The molecule has 1 fully saturated rings. The third-order valence-corrected chi connectivity index (χ3v) is 8.37. The highest BCUT2D eigenvalue weighted by Gasteiger charge is 2.38. The van der Waals surface area contributed by atoms with E-state index in [0.717, 1.165) is 6.07 Å². The van der Waals surface area contributed by atoms with Gasteiger partial charge in [0.15, 0.2) is 5.17 Å². The molecule has 3 aromatic rings. The number of fused-ring (bicyclic) bond motifs is 1. The Morgan fingerprint density at radius 3 is 2.49 bits per heavy atom. The van der Waals surface area contributed by atoms with Gasteiger partial charge < -0.3 is 14.5 Å². The van der Waals surface area contributed by atoms with Gasteiger partial charge in [-0.25, -0.2) is 4.79 Å². The molecule has 2 aromatic carbocycles. The van der Waals surface area contributed by atoms with Crippen molar-refractivity contribution in [3.8, 4) is 0 Å². The topological polar surface area (TPSA) is 80.0 Å². The van der Waals surface area contributed by atoms with Gasteiger partial charge in [0.05, 0.1) is 34.3 Å². The fraction of sp³-hybridized carbons (Fsp3) is 0.400. The molecule has 45 heavy (non-hydrogen) atoms. The first-order chi connectivity index (χ1) is 20.9. The molecule has 0 bridgehead atoms. The zero-order valence-corrected chi connectivity index (χ0v) is 25.5. The SMILES string of the molecule is CN(C1=NC(=O)C(=Cc2ccc3c(cnn3Cc3ccc(C(F)(F)F)cc3C(F)(F)F)c2)S1)C1CCN(C(=O)OC(C)(C)C)C1. The number of amides is 2. The van der Waals surface area contributed by atoms with E-state index in [1.165, 1.54) is 22.6 Å². The zero-order chi connectivity index (χ0) is 32.9. The number of likely N-dealkylation sites (tertiary alicyclic amines) is 1. The molecular weight excluding hydrogens is 624 g/mol. The average Bonchev–Trinajstić information content (AvgIpc) is 3.66. The van der Waals surface area contributed by atoms with E-state index in [0.29, 0.717) is 52.1 Å². The normalized spacial score (nSPS) is 18.7. The Morgan fingerprint density at radius 2 is 1.82 bits per heavy atom. The van der Waals surface area contributed by atoms with Crippen LogP contribution in [0.4, 0.5) is 31.1 Å². The van der Waals surface area contributed by atoms with Crippen LogP contribution in [-0.4, -0.2) is 68.5 Å². The van der Waals surface area contributed by atoms with Gasteiger partial charge in [0, 0.05) is 31.6 Å². The number of aromatic nitrogens is 2. The van der Waals surface area contributed by atoms with E-state index >= 15 is 0 Å². The number of halogens is 6. The first kappa shape index (κ1) is 32.4. The Kier molecular flexibility index (Phi) is 8.44. The van der Waals surface area contributed by atoms with Gasteiger partial charge in [-0.05, 0) is 80.4 Å². The summed E-state index contributed by atoms with van der Waals surface area (Å²) in [4.78, 5) is 33.2. The largest absolute Gasteiger partial charge is 0.444 e. The van der Waals surface area contributed by atoms with Crippen LogP contribution in [0.5, 0.6) is 0 Å². The predicted octanol–water partition coefficient (Wildman–Crippen LogP) is 7.03. The molecule has 15 heteroatoms. The van der Waals surface area contributed by atoms with Crippen LogP contribution in [0, 0.1) is 0 Å². The number of hydrogen-bond acceptors (Lipinski definition) is 6. The minimum atomic E-state index is -4.99. The second kappa shape index (κ2) is 11.7. The Hall–Kier alpha value is -4.01. The number of nitrogens with zero attached hydrogens (tertiary/aromatic N) is 5. The van der Waals surface area contributed by atoms with Crippen molar-refractivity contribution in [1.29, 1.82) is 0 Å². The molecular formula is C30H29F6N5O3S. The Labute approximate surface area is 258 Å². The lowest BCUT2D eigenvalue weighted by molar-refractivity contribution is -0.143. The lowest BCUT2D eigenvalue weighted by atomic mass is 10.0. The lowest BCUT2D eigenvalue weighted by Crippen LogP contribution is -2.40. The van der Waals surface area contributed by atoms with E-state index in [4.69, 9.17) is 4.74 Å². The number of benzene rings is 2. The molecule has 0 saturated carbocycles. The summed E-state index contributed by atoms with van der Waals surface area (Å²) in [6, 6.07) is 6.47. The molecule has 0 spiro atoms. The molecule has 5 rings (SSSR count). The van der Waals surface area contributed by atoms with Gasteiger partial charge in [0.25, 0.3) is 5.91 Å². The lowest BCUT2D eigenvalue weighted by Gasteiger charge is -2.27. The average molecular weight is 654 g/mol. The summed E-state index contributed by atoms with van der Waals surface area (Å²) in [7, 11) is 1.81. The molecule has 240 valence electrons. The summed E-state index contributed by atoms with van der Waals surface area (Å²) in [5.74, 6) is -0.429. The predicted molar refractivity (Wildman–Crippen MR) is 157 cm³/mol. The van der Waals surface area contributed by atoms with Crippen molar-refractivity contribution in [2.24, 2.45) is 4.99 Å². The second-order valence-electron chi connectivity index (χ2n) is 11.8. The number of alkyl halides is 6. The summed E-state index contributed by atoms with van der Waals surface area (Å²) in [5.41, 5.74) is -2.64. The van der Waals surface area contributed by atoms with Crippen LogP contribution >= 0.6 is 11.8 Å². The van der Waals surface area contributed by atoms with Gasteiger partial charge in [-0.15, -0.1) is 0 Å². The molecule has 0 aliphatic carbocycles. The number of hydrogen-bond donors (Lipinski definition) is 0. The van der Waals surface area contributed by atoms with Crippen molar-refractivity contribution in [3.05, 3.63) is 69.8 Å². The highest BCUT2D eigenvalue weighted by atomic mass is 32.2. The second-order valence-corrected chi connectivity index (χ2v) is 12.8. The first-order valence-corrected chi connectivity index (χ1v) is 14.7. The van der Waals surface area contributed by atoms with Crippen LogP contribution in [0.1, 0.15) is 49.4 Å². The third-order valence-electron chi connectivity index (χ3n) is 7.30. The highest BCUT2D eigenvalue weighted by Crippen LogP contribution is 2.38. The molecule has 0 N–H and O–H groups in total. The fourth-order valence-corrected chi connectivity index (χ4v) is 5.99. The summed E-state index contributed by atoms with van der Waals surface area (Å²) in [6.07, 6.45) is -6.54. The quantitative estimate of drug-likeness (QED) is 0.222. The minimum absolute atomic E-state index is 0.0550. The fourth-order valence-electron chi connectivity index (χ4n) is 5.04. The van der Waals surface area contributed by atoms with Crippen LogP contribution in [0.3, 0.4) is 0 Å². The first-order valence-electron chi connectivity index (χ1n) is 13.9. The standard InChI is InChI=1S/C30H29F6N5O3S/c1-28(2,3)44-27(43)40-10-9-21(16-40)39(4)26-38-25(42)24(45-26)12-17-5-8-23-19(11-17)14-37-41(23)15-18-6-7-20(29(31,32)33)13-22(18)30(34,35)36/h5-8,11-14,21H,9-10,15-16H2,1-4H3. The van der Waals surface area contributed by atoms with Crippen LogP contribution in [0.15, 0.2) is 52.5 Å². The van der Waals surface area contributed by atoms with Gasteiger partial charge in [-0.1, -0.05) is 12.1 Å². The number of rotatable bonds is 4. The van der Waals surface area contributed by atoms with E-state index < -0.39 is 47.6 Å². The van der Waals surface area contributed by atoms with E-state index in [2.05, 4.69) is 10.1 Å². The van der Waals surface area contributed by atoms with Gasteiger partial charge in [0.2, 0.25) is 0 Å². The number of amidine groups is 1. The van der Waals surface area contributed by atoms with Crippen LogP contribution in [0.2, 0.25) is 0 Å². The molecule has 0 radical (unpaired) electrons. The zero-order valence-electron chi connectivity index (χ0n) is 24.7. The van der Waals surface area contributed by atoms with E-state index in [1.807, 2.05) is 11.9 Å². The monoisotopic (exact) mass is 653 g/mol. The van der Waals surface area contributed by atoms with E-state index in [-0.39, 0.29) is 17.7 Å². The minimum Gasteiger partial charge on any atom is -0.444 e. The number of thioether (sulfide) groups is 1.